The van der Waals surface area contributed by atoms with E-state index in [1.165, 1.54) is 17.8 Å². The molecule has 162 valence electrons. The second kappa shape index (κ2) is 9.39. The van der Waals surface area contributed by atoms with Crippen LogP contribution in [0.2, 0.25) is 0 Å². The number of amides is 1. The molecule has 0 aromatic carbocycles. The molecule has 7 nitrogen and oxygen atoms in total. The normalized spacial score (nSPS) is 21.0. The Labute approximate surface area is 183 Å². The zero-order valence-electron chi connectivity index (χ0n) is 18.3. The van der Waals surface area contributed by atoms with Gasteiger partial charge in [0.1, 0.15) is 4.88 Å². The summed E-state index contributed by atoms with van der Waals surface area (Å²) < 4.78 is 0. The number of carbonyl (C=O) groups is 1. The van der Waals surface area contributed by atoms with Crippen LogP contribution in [0.15, 0.2) is 17.9 Å². The maximum absolute atomic E-state index is 13.2. The summed E-state index contributed by atoms with van der Waals surface area (Å²) in [6, 6.07) is 0.373. The molecule has 2 aromatic heterocycles. The molecule has 2 fully saturated rings. The minimum atomic E-state index is 0.195. The Morgan fingerprint density at radius 1 is 1.10 bits per heavy atom. The van der Waals surface area contributed by atoms with E-state index in [0.717, 1.165) is 73.9 Å². The summed E-state index contributed by atoms with van der Waals surface area (Å²) in [6.45, 7) is 5.86. The zero-order chi connectivity index (χ0) is 21.1. The van der Waals surface area contributed by atoms with Gasteiger partial charge in [-0.3, -0.25) is 9.69 Å². The van der Waals surface area contributed by atoms with Gasteiger partial charge in [-0.1, -0.05) is 0 Å². The summed E-state index contributed by atoms with van der Waals surface area (Å²) in [5.74, 6) is 1.53. The fourth-order valence-corrected chi connectivity index (χ4v) is 5.51. The minimum absolute atomic E-state index is 0.195. The Balaban J connectivity index is 1.35. The number of hydrogen-bond acceptors (Lipinski definition) is 7. The molecule has 0 saturated carbocycles. The zero-order valence-corrected chi connectivity index (χ0v) is 19.1. The maximum atomic E-state index is 13.2. The third-order valence-corrected chi connectivity index (χ3v) is 7.34. The highest BCUT2D eigenvalue weighted by Gasteiger charge is 2.36. The summed E-state index contributed by atoms with van der Waals surface area (Å²) in [6.07, 6.45) is 9.64. The molecule has 4 rings (SSSR count). The number of carbonyl (C=O) groups excluding carboxylic acids is 1. The predicted molar refractivity (Wildman–Crippen MR) is 120 cm³/mol. The van der Waals surface area contributed by atoms with Crippen LogP contribution in [0.4, 0.5) is 5.95 Å². The number of nitrogens with zero attached hydrogens (tertiary/aromatic N) is 6. The summed E-state index contributed by atoms with van der Waals surface area (Å²) in [5, 5.41) is 0. The lowest BCUT2D eigenvalue weighted by molar-refractivity contribution is 0.0400. The summed E-state index contributed by atoms with van der Waals surface area (Å²) >= 11 is 1.48. The van der Waals surface area contributed by atoms with Gasteiger partial charge in [0.2, 0.25) is 5.95 Å². The number of piperidine rings is 2. The van der Waals surface area contributed by atoms with Crippen molar-refractivity contribution in [2.75, 3.05) is 38.6 Å². The molecule has 0 N–H and O–H groups in total. The van der Waals surface area contributed by atoms with Gasteiger partial charge < -0.3 is 9.80 Å². The van der Waals surface area contributed by atoms with Crippen LogP contribution >= 0.6 is 11.3 Å². The highest BCUT2D eigenvalue weighted by atomic mass is 32.1. The van der Waals surface area contributed by atoms with Gasteiger partial charge in [-0.15, -0.1) is 11.3 Å². The van der Waals surface area contributed by atoms with Crippen molar-refractivity contribution in [3.05, 3.63) is 34.0 Å². The Morgan fingerprint density at radius 3 is 2.47 bits per heavy atom. The average Bonchev–Trinajstić information content (AvgIpc) is 3.20. The summed E-state index contributed by atoms with van der Waals surface area (Å²) in [4.78, 5) is 33.7. The molecule has 2 aliphatic heterocycles. The van der Waals surface area contributed by atoms with Gasteiger partial charge in [0.25, 0.3) is 5.91 Å². The Hall–Kier alpha value is -2.06. The van der Waals surface area contributed by atoms with Crippen molar-refractivity contribution < 1.29 is 4.79 Å². The van der Waals surface area contributed by atoms with Crippen LogP contribution in [-0.4, -0.2) is 70.4 Å². The molecule has 2 aromatic rings. The van der Waals surface area contributed by atoms with Crippen LogP contribution < -0.4 is 4.90 Å². The van der Waals surface area contributed by atoms with E-state index >= 15 is 0 Å². The van der Waals surface area contributed by atoms with Crippen molar-refractivity contribution in [3.8, 4) is 0 Å². The van der Waals surface area contributed by atoms with Gasteiger partial charge in [0.05, 0.1) is 11.2 Å². The van der Waals surface area contributed by atoms with E-state index in [2.05, 4.69) is 24.8 Å². The Morgan fingerprint density at radius 2 is 1.83 bits per heavy atom. The summed E-state index contributed by atoms with van der Waals surface area (Å²) in [5.41, 5.74) is 3.82. The average molecular weight is 429 g/mol. The van der Waals surface area contributed by atoms with Crippen molar-refractivity contribution in [1.29, 1.82) is 0 Å². The third-order valence-electron chi connectivity index (χ3n) is 6.42. The first kappa shape index (κ1) is 21.2. The highest BCUT2D eigenvalue weighted by Crippen LogP contribution is 2.32. The molecule has 0 aliphatic carbocycles. The van der Waals surface area contributed by atoms with Crippen LogP contribution in [0.1, 0.15) is 53.0 Å². The van der Waals surface area contributed by atoms with Crippen LogP contribution in [0.25, 0.3) is 0 Å². The number of rotatable bonds is 5. The van der Waals surface area contributed by atoms with Crippen LogP contribution in [0, 0.1) is 12.8 Å². The van der Waals surface area contributed by atoms with Gasteiger partial charge in [-0.2, -0.15) is 0 Å². The molecule has 1 amide bonds. The molecule has 1 atom stereocenters. The van der Waals surface area contributed by atoms with Gasteiger partial charge in [0, 0.05) is 51.2 Å². The lowest BCUT2D eigenvalue weighted by Crippen LogP contribution is -2.50. The second-order valence-electron chi connectivity index (χ2n) is 8.73. The SMILES string of the molecule is Cc1ncsc1C(=O)N1CCCC[C@@H]1C1CCN(Cc2cnc(N(C)C)nc2)CC1. The lowest BCUT2D eigenvalue weighted by atomic mass is 9.83. The molecule has 2 aliphatic rings. The quantitative estimate of drug-likeness (QED) is 0.729. The fraction of sp³-hybridized carbons (Fsp3) is 0.636. The molecular weight excluding hydrogens is 396 g/mol. The largest absolute Gasteiger partial charge is 0.347 e. The first-order valence-electron chi connectivity index (χ1n) is 10.9. The van der Waals surface area contributed by atoms with E-state index in [1.54, 1.807) is 5.51 Å². The highest BCUT2D eigenvalue weighted by molar-refractivity contribution is 7.11. The maximum Gasteiger partial charge on any atom is 0.266 e. The smallest absolute Gasteiger partial charge is 0.266 e. The topological polar surface area (TPSA) is 65.5 Å². The van der Waals surface area contributed by atoms with E-state index < -0.39 is 0 Å². The van der Waals surface area contributed by atoms with Crippen molar-refractivity contribution >= 4 is 23.2 Å². The van der Waals surface area contributed by atoms with Crippen LogP contribution in [0.5, 0.6) is 0 Å². The van der Waals surface area contributed by atoms with Gasteiger partial charge >= 0.3 is 0 Å². The van der Waals surface area contributed by atoms with Gasteiger partial charge in [-0.05, 0) is 58.0 Å². The van der Waals surface area contributed by atoms with Crippen molar-refractivity contribution in [2.24, 2.45) is 5.92 Å². The number of anilines is 1. The second-order valence-corrected chi connectivity index (χ2v) is 9.58. The van der Waals surface area contributed by atoms with Gasteiger partial charge in [0.15, 0.2) is 0 Å². The fourth-order valence-electron chi connectivity index (χ4n) is 4.75. The molecule has 0 unspecified atom stereocenters. The minimum Gasteiger partial charge on any atom is -0.347 e. The number of aryl methyl sites for hydroxylation is 1. The molecule has 2 saturated heterocycles. The van der Waals surface area contributed by atoms with E-state index in [-0.39, 0.29) is 5.91 Å². The molecule has 30 heavy (non-hydrogen) atoms. The molecule has 0 spiro atoms. The number of aromatic nitrogens is 3. The molecule has 0 bridgehead atoms. The molecular formula is C22H32N6OS. The first-order chi connectivity index (χ1) is 14.5. The molecule has 8 heteroatoms. The number of hydrogen-bond donors (Lipinski definition) is 0. The third kappa shape index (κ3) is 4.64. The van der Waals surface area contributed by atoms with Crippen molar-refractivity contribution in [3.63, 3.8) is 0 Å². The van der Waals surface area contributed by atoms with Crippen LogP contribution in [0.3, 0.4) is 0 Å². The predicted octanol–water partition coefficient (Wildman–Crippen LogP) is 3.21. The monoisotopic (exact) mass is 428 g/mol. The molecule has 4 heterocycles. The van der Waals surface area contributed by atoms with Crippen molar-refractivity contribution in [1.82, 2.24) is 24.8 Å². The number of thiazole rings is 1. The van der Waals surface area contributed by atoms with E-state index in [9.17, 15) is 4.79 Å². The first-order valence-corrected chi connectivity index (χ1v) is 11.8. The van der Waals surface area contributed by atoms with E-state index in [1.807, 2.05) is 38.3 Å². The van der Waals surface area contributed by atoms with E-state index in [4.69, 9.17) is 0 Å². The Bertz CT molecular complexity index is 844. The lowest BCUT2D eigenvalue weighted by Gasteiger charge is -2.43. The van der Waals surface area contributed by atoms with E-state index in [0.29, 0.717) is 12.0 Å². The van der Waals surface area contributed by atoms with Crippen molar-refractivity contribution in [2.45, 2.75) is 51.6 Å². The number of likely N-dealkylation sites (tertiary alicyclic amines) is 2. The standard InChI is InChI=1S/C22H32N6OS/c1-16-20(30-15-25-16)21(29)28-9-5-4-6-19(28)18-7-10-27(11-8-18)14-17-12-23-22(24-13-17)26(2)3/h12-13,15,18-19H,4-11,14H2,1-3H3/t19-/m1/s1. The summed E-state index contributed by atoms with van der Waals surface area (Å²) in [7, 11) is 3.91. The molecule has 0 radical (unpaired) electrons. The Kier molecular flexibility index (Phi) is 6.63. The van der Waals surface area contributed by atoms with Crippen LogP contribution in [-0.2, 0) is 6.54 Å². The van der Waals surface area contributed by atoms with Gasteiger partial charge in [-0.25, -0.2) is 15.0 Å².